The fourth-order valence-electron chi connectivity index (χ4n) is 1.72. The molecule has 0 saturated heterocycles. The normalized spacial score (nSPS) is 15.8. The Morgan fingerprint density at radius 2 is 2.00 bits per heavy atom. The molecule has 0 radical (unpaired) electrons. The summed E-state index contributed by atoms with van der Waals surface area (Å²) in [6.45, 7) is 6.64. The van der Waals surface area contributed by atoms with Crippen molar-refractivity contribution < 1.29 is 8.42 Å². The van der Waals surface area contributed by atoms with Crippen molar-refractivity contribution in [3.8, 4) is 0 Å². The minimum Gasteiger partial charge on any atom is -0.308 e. The molecule has 1 N–H and O–H groups in total. The van der Waals surface area contributed by atoms with E-state index in [1.54, 1.807) is 18.3 Å². The predicted octanol–water partition coefficient (Wildman–Crippen LogP) is 2.39. The summed E-state index contributed by atoms with van der Waals surface area (Å²) in [4.78, 5) is 2.41. The van der Waals surface area contributed by atoms with Gasteiger partial charge in [0, 0.05) is 16.0 Å². The molecule has 2 atom stereocenters. The van der Waals surface area contributed by atoms with Crippen LogP contribution in [0.4, 0.5) is 0 Å². The molecule has 1 rings (SSSR count). The van der Waals surface area contributed by atoms with Crippen molar-refractivity contribution in [1.29, 1.82) is 0 Å². The molecule has 0 aliphatic carbocycles. The molecule has 0 amide bonds. The summed E-state index contributed by atoms with van der Waals surface area (Å²) < 4.78 is 23.3. The zero-order chi connectivity index (χ0) is 13.1. The Hall–Kier alpha value is -0.390. The lowest BCUT2D eigenvalue weighted by atomic mass is 10.2. The molecule has 17 heavy (non-hydrogen) atoms. The second-order valence-corrected chi connectivity index (χ2v) is 7.83. The fourth-order valence-corrected chi connectivity index (χ4v) is 3.67. The highest BCUT2D eigenvalue weighted by Gasteiger charge is 2.27. The summed E-state index contributed by atoms with van der Waals surface area (Å²) in [6.07, 6.45) is 2.30. The summed E-state index contributed by atoms with van der Waals surface area (Å²) in [5.41, 5.74) is 0. The van der Waals surface area contributed by atoms with Crippen LogP contribution in [0, 0.1) is 0 Å². The van der Waals surface area contributed by atoms with E-state index >= 15 is 0 Å². The van der Waals surface area contributed by atoms with E-state index in [2.05, 4.69) is 18.3 Å². The first-order chi connectivity index (χ1) is 7.90. The van der Waals surface area contributed by atoms with Gasteiger partial charge in [-0.2, -0.15) is 0 Å². The van der Waals surface area contributed by atoms with Gasteiger partial charge in [-0.15, -0.1) is 11.3 Å². The molecule has 0 aliphatic rings. The van der Waals surface area contributed by atoms with Crippen molar-refractivity contribution in [2.24, 2.45) is 0 Å². The first kappa shape index (κ1) is 14.7. The van der Waals surface area contributed by atoms with Gasteiger partial charge < -0.3 is 5.32 Å². The van der Waals surface area contributed by atoms with Crippen LogP contribution in [0.15, 0.2) is 12.1 Å². The third-order valence-corrected chi connectivity index (χ3v) is 5.84. The molecular formula is C12H21NO2S2. The number of aryl methyl sites for hydroxylation is 1. The Morgan fingerprint density at radius 1 is 1.35 bits per heavy atom. The highest BCUT2D eigenvalue weighted by molar-refractivity contribution is 7.91. The molecule has 0 bridgehead atoms. The van der Waals surface area contributed by atoms with E-state index in [4.69, 9.17) is 0 Å². The van der Waals surface area contributed by atoms with Crippen LogP contribution < -0.4 is 5.32 Å². The van der Waals surface area contributed by atoms with Gasteiger partial charge in [-0.1, -0.05) is 13.8 Å². The van der Waals surface area contributed by atoms with Crippen LogP contribution >= 0.6 is 11.3 Å². The molecule has 3 nitrogen and oxygen atoms in total. The second-order valence-electron chi connectivity index (χ2n) is 4.23. The molecule has 0 saturated carbocycles. The molecule has 98 valence electrons. The first-order valence-electron chi connectivity index (χ1n) is 5.91. The van der Waals surface area contributed by atoms with Gasteiger partial charge >= 0.3 is 0 Å². The number of thiophene rings is 1. The molecule has 1 aromatic heterocycles. The molecule has 0 fully saturated rings. The van der Waals surface area contributed by atoms with Gasteiger partial charge in [0.15, 0.2) is 9.84 Å². The maximum atomic E-state index is 11.7. The summed E-state index contributed by atoms with van der Waals surface area (Å²) in [6, 6.07) is 4.03. The average molecular weight is 275 g/mol. The van der Waals surface area contributed by atoms with Gasteiger partial charge in [-0.25, -0.2) is 8.42 Å². The number of sulfone groups is 1. The number of nitrogens with one attached hydrogen (secondary N) is 1. The van der Waals surface area contributed by atoms with Crippen molar-refractivity contribution in [2.75, 3.05) is 12.8 Å². The minimum atomic E-state index is -3.03. The monoisotopic (exact) mass is 275 g/mol. The lowest BCUT2D eigenvalue weighted by Gasteiger charge is -2.22. The van der Waals surface area contributed by atoms with Gasteiger partial charge in [0.2, 0.25) is 0 Å². The van der Waals surface area contributed by atoms with Crippen molar-refractivity contribution in [1.82, 2.24) is 5.32 Å². The minimum absolute atomic E-state index is 0.0969. The van der Waals surface area contributed by atoms with Gasteiger partial charge in [0.05, 0.1) is 11.3 Å². The zero-order valence-electron chi connectivity index (χ0n) is 10.9. The van der Waals surface area contributed by atoms with Gasteiger partial charge in [-0.05, 0) is 32.0 Å². The first-order valence-corrected chi connectivity index (χ1v) is 8.68. The van der Waals surface area contributed by atoms with E-state index in [0.717, 1.165) is 17.8 Å². The van der Waals surface area contributed by atoms with E-state index in [-0.39, 0.29) is 6.04 Å². The van der Waals surface area contributed by atoms with E-state index in [1.165, 1.54) is 11.1 Å². The highest BCUT2D eigenvalue weighted by Crippen LogP contribution is 2.28. The second kappa shape index (κ2) is 5.98. The largest absolute Gasteiger partial charge is 0.308 e. The van der Waals surface area contributed by atoms with Gasteiger partial charge in [-0.3, -0.25) is 0 Å². The lowest BCUT2D eigenvalue weighted by molar-refractivity contribution is 0.518. The Bertz CT molecular complexity index is 451. The summed E-state index contributed by atoms with van der Waals surface area (Å²) in [5.74, 6) is 0. The number of rotatable bonds is 6. The van der Waals surface area contributed by atoms with Crippen LogP contribution in [0.25, 0.3) is 0 Å². The maximum Gasteiger partial charge on any atom is 0.151 e. The quantitative estimate of drug-likeness (QED) is 0.867. The number of hydrogen-bond donors (Lipinski definition) is 1. The highest BCUT2D eigenvalue weighted by atomic mass is 32.2. The van der Waals surface area contributed by atoms with Gasteiger partial charge in [0.25, 0.3) is 0 Å². The lowest BCUT2D eigenvalue weighted by Crippen LogP contribution is -2.34. The number of hydrogen-bond acceptors (Lipinski definition) is 4. The summed E-state index contributed by atoms with van der Waals surface area (Å²) in [7, 11) is -3.03. The molecule has 2 unspecified atom stereocenters. The topological polar surface area (TPSA) is 46.2 Å². The molecule has 1 aromatic rings. The van der Waals surface area contributed by atoms with Crippen LogP contribution in [0.1, 0.15) is 36.6 Å². The summed E-state index contributed by atoms with van der Waals surface area (Å²) in [5, 5.41) is 2.88. The maximum absolute atomic E-state index is 11.7. The third-order valence-electron chi connectivity index (χ3n) is 2.91. The molecule has 0 aromatic carbocycles. The van der Waals surface area contributed by atoms with E-state index in [1.807, 2.05) is 13.0 Å². The van der Waals surface area contributed by atoms with Crippen molar-refractivity contribution in [2.45, 2.75) is 38.5 Å². The standard InChI is InChI=1S/C12H21NO2S2/c1-5-10-7-8-11(16-10)12(13-6-2)9(3)17(4,14)15/h7-9,12-13H,5-6H2,1-4H3. The van der Waals surface area contributed by atoms with E-state index in [0.29, 0.717) is 0 Å². The van der Waals surface area contributed by atoms with Crippen molar-refractivity contribution in [3.63, 3.8) is 0 Å². The van der Waals surface area contributed by atoms with Gasteiger partial charge in [0.1, 0.15) is 0 Å². The average Bonchev–Trinajstić information content (AvgIpc) is 2.72. The molecule has 5 heteroatoms. The smallest absolute Gasteiger partial charge is 0.151 e. The SMILES string of the molecule is CCNC(c1ccc(CC)s1)C(C)S(C)(=O)=O. The molecule has 1 heterocycles. The molecular weight excluding hydrogens is 254 g/mol. The van der Waals surface area contributed by atoms with Crippen LogP contribution in [-0.4, -0.2) is 26.5 Å². The Kier molecular flexibility index (Phi) is 5.16. The predicted molar refractivity (Wildman–Crippen MR) is 74.4 cm³/mol. The molecule has 0 aliphatic heterocycles. The summed E-state index contributed by atoms with van der Waals surface area (Å²) >= 11 is 1.70. The molecule has 0 spiro atoms. The van der Waals surface area contributed by atoms with Crippen LogP contribution in [0.2, 0.25) is 0 Å². The Labute approximate surface area is 108 Å². The van der Waals surface area contributed by atoms with Crippen LogP contribution in [-0.2, 0) is 16.3 Å². The zero-order valence-corrected chi connectivity index (χ0v) is 12.5. The third kappa shape index (κ3) is 3.79. The Balaban J connectivity index is 3.00. The van der Waals surface area contributed by atoms with Crippen molar-refractivity contribution >= 4 is 21.2 Å². The van der Waals surface area contributed by atoms with E-state index in [9.17, 15) is 8.42 Å². The van der Waals surface area contributed by atoms with E-state index < -0.39 is 15.1 Å². The van der Waals surface area contributed by atoms with Crippen LogP contribution in [0.5, 0.6) is 0 Å². The fraction of sp³-hybridized carbons (Fsp3) is 0.667. The Morgan fingerprint density at radius 3 is 2.41 bits per heavy atom. The van der Waals surface area contributed by atoms with Crippen LogP contribution in [0.3, 0.4) is 0 Å². The van der Waals surface area contributed by atoms with Crippen molar-refractivity contribution in [3.05, 3.63) is 21.9 Å².